The Balaban J connectivity index is 1.55. The first-order valence-electron chi connectivity index (χ1n) is 11.1. The molecule has 0 saturated heterocycles. The zero-order valence-electron chi connectivity index (χ0n) is 20.3. The molecule has 0 radical (unpaired) electrons. The Morgan fingerprint density at radius 3 is 2.47 bits per heavy atom. The van der Waals surface area contributed by atoms with E-state index in [0.29, 0.717) is 35.8 Å². The second-order valence-electron chi connectivity index (χ2n) is 8.74. The summed E-state index contributed by atoms with van der Waals surface area (Å²) in [6.07, 6.45) is 0.152. The molecule has 3 heterocycles. The van der Waals surface area contributed by atoms with E-state index in [1.54, 1.807) is 27.4 Å². The second kappa shape index (κ2) is 9.22. The summed E-state index contributed by atoms with van der Waals surface area (Å²) < 4.78 is 8.59. The molecule has 0 saturated carbocycles. The fourth-order valence-electron chi connectivity index (χ4n) is 3.94. The number of likely N-dealkylation sites (N-methyl/N-ethyl adjacent to an activating group) is 1. The number of fused-ring (bicyclic) bond motifs is 1. The summed E-state index contributed by atoms with van der Waals surface area (Å²) in [4.78, 5) is 36.1. The Hall–Kier alpha value is -3.79. The minimum absolute atomic E-state index is 0.152. The number of rotatable bonds is 7. The molecule has 4 rings (SSSR count). The molecule has 4 aromatic rings. The summed E-state index contributed by atoms with van der Waals surface area (Å²) in [7, 11) is 3.88. The van der Waals surface area contributed by atoms with Crippen LogP contribution < -0.4 is 11.1 Å². The van der Waals surface area contributed by atoms with Crippen LogP contribution in [0.1, 0.15) is 28.3 Å². The average Bonchev–Trinajstić information content (AvgIpc) is 3.21. The Kier molecular flexibility index (Phi) is 6.34. The quantitative estimate of drug-likeness (QED) is 0.448. The zero-order chi connectivity index (χ0) is 24.6. The summed E-state index contributed by atoms with van der Waals surface area (Å²) in [5.41, 5.74) is 5.84. The summed E-state index contributed by atoms with van der Waals surface area (Å²) in [5, 5.41) is 7.50. The summed E-state index contributed by atoms with van der Waals surface area (Å²) in [6, 6.07) is 7.09. The molecule has 1 N–H and O–H groups in total. The van der Waals surface area contributed by atoms with Gasteiger partial charge in [-0.05, 0) is 66.1 Å². The monoisotopic (exact) mass is 463 g/mol. The number of anilines is 1. The van der Waals surface area contributed by atoms with Gasteiger partial charge in [0, 0.05) is 41.4 Å². The lowest BCUT2D eigenvalue weighted by Crippen LogP contribution is -2.23. The van der Waals surface area contributed by atoms with Gasteiger partial charge in [-0.2, -0.15) is 5.10 Å². The van der Waals surface area contributed by atoms with Crippen molar-refractivity contribution < 1.29 is 9.21 Å². The molecule has 0 aliphatic heterocycles. The molecule has 0 fully saturated rings. The maximum absolute atomic E-state index is 12.9. The lowest BCUT2D eigenvalue weighted by molar-refractivity contribution is -0.115. The van der Waals surface area contributed by atoms with Gasteiger partial charge in [0.25, 0.3) is 5.95 Å². The van der Waals surface area contributed by atoms with Gasteiger partial charge in [-0.15, -0.1) is 0 Å². The second-order valence-corrected chi connectivity index (χ2v) is 8.74. The maximum atomic E-state index is 12.9. The molecule has 178 valence electrons. The molecule has 0 unspecified atom stereocenters. The number of nitrogens with zero attached hydrogens (tertiary/aromatic N) is 6. The van der Waals surface area contributed by atoms with Crippen molar-refractivity contribution in [2.75, 3.05) is 26.0 Å². The number of benzene rings is 1. The van der Waals surface area contributed by atoms with E-state index in [0.717, 1.165) is 28.3 Å². The van der Waals surface area contributed by atoms with E-state index >= 15 is 0 Å². The van der Waals surface area contributed by atoms with Crippen molar-refractivity contribution in [1.29, 1.82) is 0 Å². The molecular weight excluding hydrogens is 434 g/mol. The summed E-state index contributed by atoms with van der Waals surface area (Å²) >= 11 is 0. The van der Waals surface area contributed by atoms with Gasteiger partial charge in [0.05, 0.1) is 17.6 Å². The minimum atomic E-state index is -0.410. The van der Waals surface area contributed by atoms with E-state index in [4.69, 9.17) is 4.42 Å². The van der Waals surface area contributed by atoms with Gasteiger partial charge in [0.15, 0.2) is 5.58 Å². The number of amides is 1. The third kappa shape index (κ3) is 4.76. The van der Waals surface area contributed by atoms with E-state index in [9.17, 15) is 9.59 Å². The lowest BCUT2D eigenvalue weighted by atomic mass is 10.1. The van der Waals surface area contributed by atoms with Crippen molar-refractivity contribution in [2.45, 2.75) is 40.7 Å². The first kappa shape index (κ1) is 23.4. The number of hydrogen-bond donors (Lipinski definition) is 1. The van der Waals surface area contributed by atoms with Crippen LogP contribution in [0, 0.1) is 27.7 Å². The van der Waals surface area contributed by atoms with Crippen molar-refractivity contribution in [1.82, 2.24) is 29.2 Å². The van der Waals surface area contributed by atoms with Crippen molar-refractivity contribution in [3.05, 3.63) is 63.2 Å². The molecule has 1 aromatic carbocycles. The van der Waals surface area contributed by atoms with Crippen LogP contribution in [0.3, 0.4) is 0 Å². The van der Waals surface area contributed by atoms with Crippen LogP contribution in [-0.4, -0.2) is 55.8 Å². The van der Waals surface area contributed by atoms with Crippen molar-refractivity contribution in [3.63, 3.8) is 0 Å². The van der Waals surface area contributed by atoms with Crippen LogP contribution in [-0.2, 0) is 17.8 Å². The van der Waals surface area contributed by atoms with Gasteiger partial charge >= 0.3 is 5.76 Å². The predicted octanol–water partition coefficient (Wildman–Crippen LogP) is 2.55. The van der Waals surface area contributed by atoms with Crippen LogP contribution in [0.15, 0.2) is 33.5 Å². The highest BCUT2D eigenvalue weighted by Gasteiger charge is 2.18. The molecule has 10 nitrogen and oxygen atoms in total. The lowest BCUT2D eigenvalue weighted by Gasteiger charge is -2.10. The topological polar surface area (TPSA) is 111 Å². The van der Waals surface area contributed by atoms with Gasteiger partial charge in [-0.3, -0.25) is 9.36 Å². The fourth-order valence-corrected chi connectivity index (χ4v) is 3.94. The Morgan fingerprint density at radius 2 is 1.79 bits per heavy atom. The molecule has 34 heavy (non-hydrogen) atoms. The standard InChI is InChI=1S/C24H29N7O3/c1-14-11-15(2)26-23(25-14)31-17(4)19(16(3)28-31)13-22(32)27-18-7-8-21-20(12-18)30(24(33)34-21)10-9-29(5)6/h7-8,11-12H,9-10,13H2,1-6H3,(H,27,32). The van der Waals surface area contributed by atoms with Crippen LogP contribution in [0.2, 0.25) is 0 Å². The SMILES string of the molecule is Cc1cc(C)nc(-n2nc(C)c(CC(=O)Nc3ccc4oc(=O)n(CCN(C)C)c4c3)c2C)n1. The molecule has 10 heteroatoms. The van der Waals surface area contributed by atoms with Gasteiger partial charge in [0.1, 0.15) is 0 Å². The highest BCUT2D eigenvalue weighted by atomic mass is 16.4. The first-order valence-corrected chi connectivity index (χ1v) is 11.1. The number of aryl methyl sites for hydroxylation is 3. The normalized spacial score (nSPS) is 11.5. The van der Waals surface area contributed by atoms with Crippen LogP contribution in [0.25, 0.3) is 17.0 Å². The fraction of sp³-hybridized carbons (Fsp3) is 0.375. The number of aromatic nitrogens is 5. The van der Waals surface area contributed by atoms with Gasteiger partial charge in [0.2, 0.25) is 5.91 Å². The molecule has 3 aromatic heterocycles. The van der Waals surface area contributed by atoms with Gasteiger partial charge < -0.3 is 14.6 Å². The highest BCUT2D eigenvalue weighted by molar-refractivity contribution is 5.94. The third-order valence-corrected chi connectivity index (χ3v) is 5.66. The van der Waals surface area contributed by atoms with E-state index < -0.39 is 5.76 Å². The Bertz CT molecular complexity index is 1410. The molecule has 0 aliphatic carbocycles. The van der Waals surface area contributed by atoms with Gasteiger partial charge in [-0.25, -0.2) is 19.4 Å². The highest BCUT2D eigenvalue weighted by Crippen LogP contribution is 2.21. The number of oxazole rings is 1. The van der Waals surface area contributed by atoms with E-state index in [-0.39, 0.29) is 12.3 Å². The van der Waals surface area contributed by atoms with Crippen molar-refractivity contribution in [3.8, 4) is 5.95 Å². The summed E-state index contributed by atoms with van der Waals surface area (Å²) in [6.45, 7) is 8.79. The van der Waals surface area contributed by atoms with E-state index in [1.165, 1.54) is 0 Å². The molecule has 0 bridgehead atoms. The van der Waals surface area contributed by atoms with Crippen LogP contribution in [0.4, 0.5) is 5.69 Å². The number of carbonyl (C=O) groups excluding carboxylic acids is 1. The number of nitrogens with one attached hydrogen (secondary N) is 1. The van der Waals surface area contributed by atoms with Crippen molar-refractivity contribution >= 4 is 22.7 Å². The summed E-state index contributed by atoms with van der Waals surface area (Å²) in [5.74, 6) is -0.101. The van der Waals surface area contributed by atoms with Crippen LogP contribution >= 0.6 is 0 Å². The smallest absolute Gasteiger partial charge is 0.408 e. The Morgan fingerprint density at radius 1 is 1.09 bits per heavy atom. The average molecular weight is 464 g/mol. The van der Waals surface area contributed by atoms with E-state index in [2.05, 4.69) is 20.4 Å². The molecule has 1 amide bonds. The van der Waals surface area contributed by atoms with Crippen molar-refractivity contribution in [2.24, 2.45) is 0 Å². The zero-order valence-corrected chi connectivity index (χ0v) is 20.3. The molecule has 0 aliphatic rings. The first-order chi connectivity index (χ1) is 16.1. The van der Waals surface area contributed by atoms with Gasteiger partial charge in [-0.1, -0.05) is 0 Å². The van der Waals surface area contributed by atoms with E-state index in [1.807, 2.05) is 52.8 Å². The number of hydrogen-bond acceptors (Lipinski definition) is 7. The number of carbonyl (C=O) groups is 1. The third-order valence-electron chi connectivity index (χ3n) is 5.66. The maximum Gasteiger partial charge on any atom is 0.419 e. The molecule has 0 atom stereocenters. The molecular formula is C24H29N7O3. The largest absolute Gasteiger partial charge is 0.419 e. The Labute approximate surface area is 197 Å². The molecule has 0 spiro atoms. The predicted molar refractivity (Wildman–Crippen MR) is 129 cm³/mol. The van der Waals surface area contributed by atoms with Crippen LogP contribution in [0.5, 0.6) is 0 Å². The minimum Gasteiger partial charge on any atom is -0.408 e.